The molecule has 24 heavy (non-hydrogen) atoms. The van der Waals surface area contributed by atoms with Gasteiger partial charge in [-0.2, -0.15) is 9.37 Å². The molecule has 0 bridgehead atoms. The molecule has 0 unspecified atom stereocenters. The van der Waals surface area contributed by atoms with Gasteiger partial charge in [-0.1, -0.05) is 36.0 Å². The molecule has 2 aromatic heterocycles. The Balaban J connectivity index is 1.40. The number of aromatic nitrogens is 3. The van der Waals surface area contributed by atoms with Gasteiger partial charge in [-0.05, 0) is 55.2 Å². The van der Waals surface area contributed by atoms with Crippen LogP contribution < -0.4 is 0 Å². The average Bonchev–Trinajstić information content (AvgIpc) is 2.91. The lowest BCUT2D eigenvalue weighted by atomic mass is 10.1. The van der Waals surface area contributed by atoms with Crippen LogP contribution in [0.2, 0.25) is 10.0 Å². The van der Waals surface area contributed by atoms with Gasteiger partial charge in [0.15, 0.2) is 5.65 Å². The van der Waals surface area contributed by atoms with Crippen LogP contribution in [0.3, 0.4) is 0 Å². The molecule has 1 N–H and O–H groups in total. The number of H-pyrrole nitrogens is 1. The summed E-state index contributed by atoms with van der Waals surface area (Å²) >= 11 is 12.0. The largest absolute Gasteiger partial charge is 0.341 e. The van der Waals surface area contributed by atoms with E-state index in [1.54, 1.807) is 12.1 Å². The average molecular weight is 366 g/mol. The minimum atomic E-state index is -0.498. The highest BCUT2D eigenvalue weighted by molar-refractivity contribution is 6.34. The highest BCUT2D eigenvalue weighted by Crippen LogP contribution is 2.20. The lowest BCUT2D eigenvalue weighted by molar-refractivity contribution is 0.588. The number of benzene rings is 1. The number of hydrogen-bond donors (Lipinski definition) is 1. The minimum absolute atomic E-state index is 0.447. The number of hydrogen-bond acceptors (Lipinski definition) is 2. The number of halogens is 3. The van der Waals surface area contributed by atoms with E-state index in [0.717, 1.165) is 49.9 Å². The predicted octanol–water partition coefficient (Wildman–Crippen LogP) is 5.75. The maximum absolute atomic E-state index is 13.0. The number of fused-ring (bicyclic) bond motifs is 1. The molecule has 3 rings (SSSR count). The summed E-state index contributed by atoms with van der Waals surface area (Å²) in [5, 5.41) is 1.37. The molecule has 0 radical (unpaired) electrons. The molecule has 0 saturated carbocycles. The van der Waals surface area contributed by atoms with Gasteiger partial charge >= 0.3 is 0 Å². The summed E-state index contributed by atoms with van der Waals surface area (Å²) in [6.45, 7) is 0. The molecule has 0 saturated heterocycles. The van der Waals surface area contributed by atoms with Crippen LogP contribution >= 0.6 is 23.2 Å². The molecule has 0 aliphatic carbocycles. The second kappa shape index (κ2) is 7.95. The quantitative estimate of drug-likeness (QED) is 0.427. The first-order chi connectivity index (χ1) is 11.6. The summed E-state index contributed by atoms with van der Waals surface area (Å²) in [5.74, 6) is 0.367. The SMILES string of the molecule is Fc1ccc2[nH]c(CCCCCCc3cc(Cl)cc(Cl)c3)nc2n1. The molecule has 3 nitrogen and oxygen atoms in total. The van der Waals surface area contributed by atoms with Crippen molar-refractivity contribution in [3.05, 3.63) is 57.7 Å². The third kappa shape index (κ3) is 4.68. The van der Waals surface area contributed by atoms with Crippen molar-refractivity contribution in [3.63, 3.8) is 0 Å². The highest BCUT2D eigenvalue weighted by atomic mass is 35.5. The summed E-state index contributed by atoms with van der Waals surface area (Å²) in [6.07, 6.45) is 6.22. The second-order valence-electron chi connectivity index (χ2n) is 5.88. The van der Waals surface area contributed by atoms with Crippen molar-refractivity contribution < 1.29 is 4.39 Å². The zero-order valence-electron chi connectivity index (χ0n) is 13.2. The van der Waals surface area contributed by atoms with E-state index in [2.05, 4.69) is 15.0 Å². The van der Waals surface area contributed by atoms with Crippen LogP contribution in [0.4, 0.5) is 4.39 Å². The van der Waals surface area contributed by atoms with E-state index in [1.807, 2.05) is 12.1 Å². The zero-order chi connectivity index (χ0) is 16.9. The number of aromatic amines is 1. The molecule has 6 heteroatoms. The lowest BCUT2D eigenvalue weighted by Gasteiger charge is -2.03. The summed E-state index contributed by atoms with van der Waals surface area (Å²) in [7, 11) is 0. The molecule has 0 aliphatic heterocycles. The van der Waals surface area contributed by atoms with E-state index < -0.39 is 5.95 Å². The number of imidazole rings is 1. The van der Waals surface area contributed by atoms with Gasteiger partial charge in [-0.3, -0.25) is 0 Å². The van der Waals surface area contributed by atoms with Crippen molar-refractivity contribution in [2.75, 3.05) is 0 Å². The summed E-state index contributed by atoms with van der Waals surface area (Å²) in [4.78, 5) is 11.3. The standard InChI is InChI=1S/C18H18Cl2FN3/c19-13-9-12(10-14(20)11-13)5-3-1-2-4-6-17-22-15-7-8-16(21)23-18(15)24-17/h7-11H,1-6H2,(H,22,23,24). The maximum atomic E-state index is 13.0. The number of rotatable bonds is 7. The molecule has 0 spiro atoms. The molecule has 2 heterocycles. The monoisotopic (exact) mass is 365 g/mol. The third-order valence-corrected chi connectivity index (χ3v) is 4.35. The molecule has 0 atom stereocenters. The molecule has 1 aromatic carbocycles. The molecule has 0 amide bonds. The number of nitrogens with zero attached hydrogens (tertiary/aromatic N) is 2. The normalized spacial score (nSPS) is 11.3. The Morgan fingerprint density at radius 1 is 0.875 bits per heavy atom. The number of pyridine rings is 1. The van der Waals surface area contributed by atoms with Gasteiger partial charge in [0.1, 0.15) is 5.82 Å². The van der Waals surface area contributed by atoms with Crippen molar-refractivity contribution in [2.24, 2.45) is 0 Å². The first-order valence-corrected chi connectivity index (χ1v) is 8.82. The van der Waals surface area contributed by atoms with Crippen LogP contribution in [-0.2, 0) is 12.8 Å². The smallest absolute Gasteiger partial charge is 0.215 e. The molecular formula is C18H18Cl2FN3. The van der Waals surface area contributed by atoms with Gasteiger partial charge in [-0.25, -0.2) is 4.98 Å². The van der Waals surface area contributed by atoms with Crippen molar-refractivity contribution in [3.8, 4) is 0 Å². The van der Waals surface area contributed by atoms with E-state index in [9.17, 15) is 4.39 Å². The first kappa shape index (κ1) is 17.2. The fourth-order valence-corrected chi connectivity index (χ4v) is 3.34. The Kier molecular flexibility index (Phi) is 5.69. The zero-order valence-corrected chi connectivity index (χ0v) is 14.7. The fraction of sp³-hybridized carbons (Fsp3) is 0.333. The second-order valence-corrected chi connectivity index (χ2v) is 6.75. The Morgan fingerprint density at radius 3 is 2.33 bits per heavy atom. The van der Waals surface area contributed by atoms with E-state index in [4.69, 9.17) is 23.2 Å². The minimum Gasteiger partial charge on any atom is -0.341 e. The predicted molar refractivity (Wildman–Crippen MR) is 96.2 cm³/mol. The summed E-state index contributed by atoms with van der Waals surface area (Å²) in [5.41, 5.74) is 2.41. The van der Waals surface area contributed by atoms with Crippen LogP contribution in [0.15, 0.2) is 30.3 Å². The van der Waals surface area contributed by atoms with Crippen LogP contribution in [0.1, 0.15) is 37.1 Å². The number of aryl methyl sites for hydroxylation is 2. The molecule has 0 fully saturated rings. The van der Waals surface area contributed by atoms with E-state index >= 15 is 0 Å². The Morgan fingerprint density at radius 2 is 1.58 bits per heavy atom. The first-order valence-electron chi connectivity index (χ1n) is 8.06. The lowest BCUT2D eigenvalue weighted by Crippen LogP contribution is -1.90. The van der Waals surface area contributed by atoms with E-state index in [0.29, 0.717) is 15.7 Å². The highest BCUT2D eigenvalue weighted by Gasteiger charge is 2.05. The van der Waals surface area contributed by atoms with Crippen molar-refractivity contribution in [2.45, 2.75) is 38.5 Å². The molecule has 126 valence electrons. The van der Waals surface area contributed by atoms with E-state index in [-0.39, 0.29) is 0 Å². The maximum Gasteiger partial charge on any atom is 0.215 e. The van der Waals surface area contributed by atoms with Gasteiger partial charge in [0.25, 0.3) is 0 Å². The van der Waals surface area contributed by atoms with Crippen molar-refractivity contribution in [1.29, 1.82) is 0 Å². The van der Waals surface area contributed by atoms with Crippen molar-refractivity contribution in [1.82, 2.24) is 15.0 Å². The molecule has 3 aromatic rings. The number of unbranched alkanes of at least 4 members (excludes halogenated alkanes) is 3. The van der Waals surface area contributed by atoms with Gasteiger partial charge in [0, 0.05) is 16.5 Å². The van der Waals surface area contributed by atoms with Gasteiger partial charge in [0.05, 0.1) is 5.52 Å². The Hall–Kier alpha value is -1.65. The number of nitrogens with one attached hydrogen (secondary N) is 1. The molecule has 0 aliphatic rings. The molecular weight excluding hydrogens is 348 g/mol. The Bertz CT molecular complexity index is 812. The van der Waals surface area contributed by atoms with Crippen LogP contribution in [0.5, 0.6) is 0 Å². The van der Waals surface area contributed by atoms with Gasteiger partial charge in [0.2, 0.25) is 5.95 Å². The van der Waals surface area contributed by atoms with Crippen LogP contribution in [0, 0.1) is 5.95 Å². The summed E-state index contributed by atoms with van der Waals surface area (Å²) < 4.78 is 13.0. The third-order valence-electron chi connectivity index (χ3n) is 3.91. The van der Waals surface area contributed by atoms with Crippen LogP contribution in [-0.4, -0.2) is 15.0 Å². The topological polar surface area (TPSA) is 41.6 Å². The Labute approximate surface area is 150 Å². The van der Waals surface area contributed by atoms with Gasteiger partial charge < -0.3 is 4.98 Å². The van der Waals surface area contributed by atoms with E-state index in [1.165, 1.54) is 11.6 Å². The summed E-state index contributed by atoms with van der Waals surface area (Å²) in [6, 6.07) is 8.69. The van der Waals surface area contributed by atoms with Gasteiger partial charge in [-0.15, -0.1) is 0 Å². The fourth-order valence-electron chi connectivity index (χ4n) is 2.77. The van der Waals surface area contributed by atoms with Crippen LogP contribution in [0.25, 0.3) is 11.2 Å². The van der Waals surface area contributed by atoms with Crippen molar-refractivity contribution >= 4 is 34.4 Å².